The molecule has 2 rings (SSSR count). The third kappa shape index (κ3) is 3.19. The lowest BCUT2D eigenvalue weighted by atomic mass is 10.3. The molecule has 0 saturated carbocycles. The Kier molecular flexibility index (Phi) is 3.96. The van der Waals surface area contributed by atoms with Crippen LogP contribution in [0.2, 0.25) is 5.02 Å². The lowest BCUT2D eigenvalue weighted by Crippen LogP contribution is -1.98. The molecule has 0 spiro atoms. The molecule has 0 atom stereocenters. The average Bonchev–Trinajstić information content (AvgIpc) is 2.85. The molecule has 0 aliphatic rings. The van der Waals surface area contributed by atoms with Gasteiger partial charge in [0.1, 0.15) is 5.75 Å². The molecular formula is C11H10ClN3O4. The van der Waals surface area contributed by atoms with Crippen LogP contribution >= 0.6 is 11.6 Å². The molecule has 1 aromatic carbocycles. The molecule has 0 unspecified atom stereocenters. The molecule has 0 saturated heterocycles. The zero-order valence-electron chi connectivity index (χ0n) is 10.00. The van der Waals surface area contributed by atoms with Gasteiger partial charge in [0.05, 0.1) is 16.0 Å². The largest absolute Gasteiger partial charge is 0.482 e. The molecule has 0 bridgehead atoms. The quantitative estimate of drug-likeness (QED) is 0.619. The predicted octanol–water partition coefficient (Wildman–Crippen LogP) is 2.77. The fourth-order valence-corrected chi connectivity index (χ4v) is 1.52. The van der Waals surface area contributed by atoms with Gasteiger partial charge in [-0.2, -0.15) is 4.98 Å². The van der Waals surface area contributed by atoms with Crippen LogP contribution in [-0.4, -0.2) is 15.1 Å². The predicted molar refractivity (Wildman–Crippen MR) is 66.1 cm³/mol. The van der Waals surface area contributed by atoms with Crippen LogP contribution in [-0.2, 0) is 13.0 Å². The summed E-state index contributed by atoms with van der Waals surface area (Å²) in [7, 11) is 0. The smallest absolute Gasteiger partial charge is 0.273 e. The van der Waals surface area contributed by atoms with Crippen molar-refractivity contribution in [2.75, 3.05) is 0 Å². The first-order valence-electron chi connectivity index (χ1n) is 5.48. The first-order chi connectivity index (χ1) is 9.10. The Morgan fingerprint density at radius 2 is 2.32 bits per heavy atom. The Hall–Kier alpha value is -2.15. The number of rotatable bonds is 5. The van der Waals surface area contributed by atoms with Crippen molar-refractivity contribution in [3.05, 3.63) is 45.1 Å². The van der Waals surface area contributed by atoms with Gasteiger partial charge in [0.15, 0.2) is 12.4 Å². The molecule has 0 amide bonds. The van der Waals surface area contributed by atoms with Crippen molar-refractivity contribution in [2.45, 2.75) is 20.0 Å². The van der Waals surface area contributed by atoms with Crippen LogP contribution in [0.25, 0.3) is 0 Å². The van der Waals surface area contributed by atoms with E-state index in [4.69, 9.17) is 20.9 Å². The molecule has 2 aromatic rings. The summed E-state index contributed by atoms with van der Waals surface area (Å²) in [4.78, 5) is 14.2. The third-order valence-corrected chi connectivity index (χ3v) is 2.62. The number of nitrogens with zero attached hydrogens (tertiary/aromatic N) is 3. The first-order valence-corrected chi connectivity index (χ1v) is 5.86. The maximum Gasteiger partial charge on any atom is 0.273 e. The SMILES string of the molecule is CCc1noc(COc2cc([N+](=O)[O-])ccc2Cl)n1. The van der Waals surface area contributed by atoms with Crippen LogP contribution in [0, 0.1) is 10.1 Å². The molecule has 100 valence electrons. The molecule has 1 aromatic heterocycles. The van der Waals surface area contributed by atoms with E-state index in [0.717, 1.165) is 0 Å². The number of nitro benzene ring substituents is 1. The molecule has 0 N–H and O–H groups in total. The number of benzene rings is 1. The van der Waals surface area contributed by atoms with E-state index in [9.17, 15) is 10.1 Å². The van der Waals surface area contributed by atoms with Crippen LogP contribution in [0.5, 0.6) is 5.75 Å². The molecule has 7 nitrogen and oxygen atoms in total. The van der Waals surface area contributed by atoms with Gasteiger partial charge in [-0.1, -0.05) is 23.7 Å². The number of non-ortho nitro benzene ring substituents is 1. The van der Waals surface area contributed by atoms with Crippen LogP contribution < -0.4 is 4.74 Å². The zero-order chi connectivity index (χ0) is 13.8. The van der Waals surface area contributed by atoms with Crippen molar-refractivity contribution in [3.8, 4) is 5.75 Å². The van der Waals surface area contributed by atoms with Crippen molar-refractivity contribution < 1.29 is 14.2 Å². The maximum absolute atomic E-state index is 10.6. The van der Waals surface area contributed by atoms with Gasteiger partial charge in [-0.3, -0.25) is 10.1 Å². The normalized spacial score (nSPS) is 10.4. The molecule has 0 fully saturated rings. The van der Waals surface area contributed by atoms with E-state index >= 15 is 0 Å². The summed E-state index contributed by atoms with van der Waals surface area (Å²) in [6.07, 6.45) is 0.654. The van der Waals surface area contributed by atoms with Gasteiger partial charge in [-0.25, -0.2) is 0 Å². The Balaban J connectivity index is 2.10. The highest BCUT2D eigenvalue weighted by atomic mass is 35.5. The number of ether oxygens (including phenoxy) is 1. The molecule has 0 aliphatic carbocycles. The third-order valence-electron chi connectivity index (χ3n) is 2.30. The molecule has 0 aliphatic heterocycles. The Labute approximate surface area is 113 Å². The van der Waals surface area contributed by atoms with E-state index in [1.54, 1.807) is 0 Å². The minimum atomic E-state index is -0.523. The molecule has 19 heavy (non-hydrogen) atoms. The number of halogens is 1. The van der Waals surface area contributed by atoms with Gasteiger partial charge in [0, 0.05) is 12.5 Å². The van der Waals surface area contributed by atoms with Crippen molar-refractivity contribution in [2.24, 2.45) is 0 Å². The van der Waals surface area contributed by atoms with Crippen molar-refractivity contribution in [1.82, 2.24) is 10.1 Å². The van der Waals surface area contributed by atoms with E-state index in [2.05, 4.69) is 10.1 Å². The minimum absolute atomic E-state index is 0.00783. The van der Waals surface area contributed by atoms with Gasteiger partial charge in [-0.05, 0) is 6.07 Å². The second-order valence-electron chi connectivity index (χ2n) is 3.62. The van der Waals surface area contributed by atoms with Crippen LogP contribution in [0.3, 0.4) is 0 Å². The summed E-state index contributed by atoms with van der Waals surface area (Å²) in [5.74, 6) is 1.07. The monoisotopic (exact) mass is 283 g/mol. The highest BCUT2D eigenvalue weighted by Crippen LogP contribution is 2.29. The Morgan fingerprint density at radius 3 is 2.95 bits per heavy atom. The fourth-order valence-electron chi connectivity index (χ4n) is 1.35. The number of aryl methyl sites for hydroxylation is 1. The van der Waals surface area contributed by atoms with Crippen LogP contribution in [0.15, 0.2) is 22.7 Å². The average molecular weight is 284 g/mol. The minimum Gasteiger partial charge on any atom is -0.482 e. The zero-order valence-corrected chi connectivity index (χ0v) is 10.8. The van der Waals surface area contributed by atoms with Gasteiger partial charge in [0.2, 0.25) is 0 Å². The number of aromatic nitrogens is 2. The van der Waals surface area contributed by atoms with Gasteiger partial charge in [-0.15, -0.1) is 0 Å². The van der Waals surface area contributed by atoms with E-state index in [1.807, 2.05) is 6.92 Å². The van der Waals surface area contributed by atoms with Gasteiger partial charge >= 0.3 is 0 Å². The highest BCUT2D eigenvalue weighted by Gasteiger charge is 2.12. The lowest BCUT2D eigenvalue weighted by molar-refractivity contribution is -0.384. The molecule has 1 heterocycles. The van der Waals surface area contributed by atoms with Crippen LogP contribution in [0.1, 0.15) is 18.6 Å². The topological polar surface area (TPSA) is 91.3 Å². The highest BCUT2D eigenvalue weighted by molar-refractivity contribution is 6.32. The van der Waals surface area contributed by atoms with Gasteiger partial charge < -0.3 is 9.26 Å². The standard InChI is InChI=1S/C11H10ClN3O4/c1-2-10-13-11(19-14-10)6-18-9-5-7(15(16)17)3-4-8(9)12/h3-5H,2,6H2,1H3. The van der Waals surface area contributed by atoms with E-state index in [0.29, 0.717) is 18.1 Å². The fraction of sp³-hybridized carbons (Fsp3) is 0.273. The number of nitro groups is 1. The first kappa shape index (κ1) is 13.3. The number of hydrogen-bond donors (Lipinski definition) is 0. The summed E-state index contributed by atoms with van der Waals surface area (Å²) in [6, 6.07) is 3.96. The van der Waals surface area contributed by atoms with Crippen molar-refractivity contribution in [3.63, 3.8) is 0 Å². The summed E-state index contributed by atoms with van der Waals surface area (Å²) < 4.78 is 10.3. The van der Waals surface area contributed by atoms with E-state index in [-0.39, 0.29) is 23.1 Å². The van der Waals surface area contributed by atoms with E-state index in [1.165, 1.54) is 18.2 Å². The van der Waals surface area contributed by atoms with Crippen molar-refractivity contribution >= 4 is 17.3 Å². The molecular weight excluding hydrogens is 274 g/mol. The summed E-state index contributed by atoms with van der Waals surface area (Å²) in [5, 5.41) is 14.6. The molecule has 0 radical (unpaired) electrons. The lowest BCUT2D eigenvalue weighted by Gasteiger charge is -2.04. The summed E-state index contributed by atoms with van der Waals surface area (Å²) in [5.41, 5.74) is -0.0980. The second kappa shape index (κ2) is 5.66. The summed E-state index contributed by atoms with van der Waals surface area (Å²) in [6.45, 7) is 1.90. The second-order valence-corrected chi connectivity index (χ2v) is 4.03. The Morgan fingerprint density at radius 1 is 1.53 bits per heavy atom. The number of hydrogen-bond acceptors (Lipinski definition) is 6. The summed E-state index contributed by atoms with van der Waals surface area (Å²) >= 11 is 5.89. The van der Waals surface area contributed by atoms with Gasteiger partial charge in [0.25, 0.3) is 11.6 Å². The van der Waals surface area contributed by atoms with E-state index < -0.39 is 4.92 Å². The van der Waals surface area contributed by atoms with Crippen molar-refractivity contribution in [1.29, 1.82) is 0 Å². The van der Waals surface area contributed by atoms with Crippen LogP contribution in [0.4, 0.5) is 5.69 Å². The molecule has 8 heteroatoms. The Bertz CT molecular complexity index is 599. The maximum atomic E-state index is 10.6.